The zero-order chi connectivity index (χ0) is 16.2. The SMILES string of the molecule is Cc1cccc(OCCN(C)S(=O)(=O)c2ccccc2F)c1. The molecular weight excluding hydrogens is 305 g/mol. The van der Waals surface area contributed by atoms with Gasteiger partial charge in [-0.25, -0.2) is 12.8 Å². The van der Waals surface area contributed by atoms with Crippen LogP contribution < -0.4 is 4.74 Å². The van der Waals surface area contributed by atoms with Crippen molar-refractivity contribution in [3.8, 4) is 5.75 Å². The monoisotopic (exact) mass is 323 g/mol. The smallest absolute Gasteiger partial charge is 0.245 e. The van der Waals surface area contributed by atoms with Crippen LogP contribution in [-0.2, 0) is 10.0 Å². The minimum absolute atomic E-state index is 0.130. The van der Waals surface area contributed by atoms with Crippen molar-refractivity contribution in [3.05, 3.63) is 59.9 Å². The topological polar surface area (TPSA) is 46.6 Å². The highest BCUT2D eigenvalue weighted by molar-refractivity contribution is 7.89. The van der Waals surface area contributed by atoms with Gasteiger partial charge < -0.3 is 4.74 Å². The molecule has 0 aliphatic heterocycles. The van der Waals surface area contributed by atoms with E-state index in [4.69, 9.17) is 4.74 Å². The van der Waals surface area contributed by atoms with Crippen LogP contribution in [0.15, 0.2) is 53.4 Å². The second-order valence-corrected chi connectivity index (χ2v) is 6.94. The predicted octanol–water partition coefficient (Wildman–Crippen LogP) is 2.83. The van der Waals surface area contributed by atoms with Crippen molar-refractivity contribution in [2.24, 2.45) is 0 Å². The standard InChI is InChI=1S/C16H18FNO3S/c1-13-6-5-7-14(12-13)21-11-10-18(2)22(19,20)16-9-4-3-8-15(16)17/h3-9,12H,10-11H2,1-2H3. The Morgan fingerprint density at radius 2 is 1.86 bits per heavy atom. The molecule has 0 amide bonds. The molecule has 0 fully saturated rings. The van der Waals surface area contributed by atoms with Crippen LogP contribution in [0.1, 0.15) is 5.56 Å². The molecular formula is C16H18FNO3S. The first-order valence-corrected chi connectivity index (χ1v) is 8.25. The fraction of sp³-hybridized carbons (Fsp3) is 0.250. The van der Waals surface area contributed by atoms with Gasteiger partial charge >= 0.3 is 0 Å². The molecule has 0 aromatic heterocycles. The summed E-state index contributed by atoms with van der Waals surface area (Å²) in [6.07, 6.45) is 0. The van der Waals surface area contributed by atoms with E-state index in [0.29, 0.717) is 5.75 Å². The highest BCUT2D eigenvalue weighted by Crippen LogP contribution is 2.18. The van der Waals surface area contributed by atoms with Gasteiger partial charge in [0.15, 0.2) is 0 Å². The van der Waals surface area contributed by atoms with Crippen molar-refractivity contribution in [3.63, 3.8) is 0 Å². The first-order valence-electron chi connectivity index (χ1n) is 6.81. The van der Waals surface area contributed by atoms with Gasteiger partial charge in [0, 0.05) is 13.6 Å². The normalized spacial score (nSPS) is 11.6. The number of likely N-dealkylation sites (N-methyl/N-ethyl adjacent to an activating group) is 1. The molecule has 0 aliphatic carbocycles. The van der Waals surface area contributed by atoms with E-state index in [1.807, 2.05) is 25.1 Å². The van der Waals surface area contributed by atoms with Gasteiger partial charge in [-0.05, 0) is 36.8 Å². The lowest BCUT2D eigenvalue weighted by atomic mass is 10.2. The van der Waals surface area contributed by atoms with E-state index in [-0.39, 0.29) is 18.0 Å². The number of halogens is 1. The number of rotatable bonds is 6. The van der Waals surface area contributed by atoms with Gasteiger partial charge in [0.2, 0.25) is 10.0 Å². The van der Waals surface area contributed by atoms with Crippen molar-refractivity contribution >= 4 is 10.0 Å². The lowest BCUT2D eigenvalue weighted by Gasteiger charge is -2.18. The second kappa shape index (κ2) is 6.89. The summed E-state index contributed by atoms with van der Waals surface area (Å²) in [5.41, 5.74) is 1.06. The van der Waals surface area contributed by atoms with Crippen LogP contribution in [0.4, 0.5) is 4.39 Å². The van der Waals surface area contributed by atoms with Crippen LogP contribution in [0.5, 0.6) is 5.75 Å². The van der Waals surface area contributed by atoms with Gasteiger partial charge in [0.05, 0.1) is 0 Å². The number of ether oxygens (including phenoxy) is 1. The molecule has 0 unspecified atom stereocenters. The lowest BCUT2D eigenvalue weighted by Crippen LogP contribution is -2.31. The Morgan fingerprint density at radius 1 is 1.14 bits per heavy atom. The zero-order valence-electron chi connectivity index (χ0n) is 12.5. The van der Waals surface area contributed by atoms with E-state index in [9.17, 15) is 12.8 Å². The van der Waals surface area contributed by atoms with Crippen molar-refractivity contribution in [1.82, 2.24) is 4.31 Å². The van der Waals surface area contributed by atoms with Crippen molar-refractivity contribution in [2.45, 2.75) is 11.8 Å². The molecule has 4 nitrogen and oxygen atoms in total. The quantitative estimate of drug-likeness (QED) is 0.821. The highest BCUT2D eigenvalue weighted by atomic mass is 32.2. The molecule has 118 valence electrons. The molecule has 2 aromatic rings. The number of hydrogen-bond donors (Lipinski definition) is 0. The van der Waals surface area contributed by atoms with Gasteiger partial charge in [0.25, 0.3) is 0 Å². The van der Waals surface area contributed by atoms with Crippen LogP contribution in [0.25, 0.3) is 0 Å². The minimum atomic E-state index is -3.85. The van der Waals surface area contributed by atoms with E-state index in [0.717, 1.165) is 15.9 Å². The van der Waals surface area contributed by atoms with Crippen LogP contribution in [0.2, 0.25) is 0 Å². The molecule has 0 bridgehead atoms. The third-order valence-electron chi connectivity index (χ3n) is 3.19. The molecule has 2 aromatic carbocycles. The maximum atomic E-state index is 13.6. The van der Waals surface area contributed by atoms with E-state index in [1.165, 1.54) is 25.2 Å². The van der Waals surface area contributed by atoms with Gasteiger partial charge in [0.1, 0.15) is 23.1 Å². The fourth-order valence-corrected chi connectivity index (χ4v) is 3.15. The summed E-state index contributed by atoms with van der Waals surface area (Å²) >= 11 is 0. The number of aryl methyl sites for hydroxylation is 1. The molecule has 0 saturated heterocycles. The van der Waals surface area contributed by atoms with Gasteiger partial charge in [-0.3, -0.25) is 0 Å². The van der Waals surface area contributed by atoms with Crippen LogP contribution in [-0.4, -0.2) is 32.9 Å². The summed E-state index contributed by atoms with van der Waals surface area (Å²) in [5.74, 6) is -0.0781. The average molecular weight is 323 g/mol. The largest absolute Gasteiger partial charge is 0.492 e. The first-order chi connectivity index (χ1) is 10.4. The number of benzene rings is 2. The molecule has 6 heteroatoms. The summed E-state index contributed by atoms with van der Waals surface area (Å²) < 4.78 is 44.8. The Kier molecular flexibility index (Phi) is 5.15. The molecule has 0 atom stereocenters. The number of sulfonamides is 1. The minimum Gasteiger partial charge on any atom is -0.492 e. The third kappa shape index (κ3) is 3.84. The molecule has 0 saturated carbocycles. The summed E-state index contributed by atoms with van der Waals surface area (Å²) in [5, 5.41) is 0. The number of nitrogens with zero attached hydrogens (tertiary/aromatic N) is 1. The van der Waals surface area contributed by atoms with E-state index >= 15 is 0 Å². The molecule has 22 heavy (non-hydrogen) atoms. The van der Waals surface area contributed by atoms with Crippen molar-refractivity contribution in [2.75, 3.05) is 20.2 Å². The van der Waals surface area contributed by atoms with E-state index in [2.05, 4.69) is 0 Å². The first kappa shape index (κ1) is 16.5. The van der Waals surface area contributed by atoms with Gasteiger partial charge in [-0.1, -0.05) is 24.3 Å². The number of hydrogen-bond acceptors (Lipinski definition) is 3. The Morgan fingerprint density at radius 3 is 2.55 bits per heavy atom. The van der Waals surface area contributed by atoms with Crippen LogP contribution in [0.3, 0.4) is 0 Å². The fourth-order valence-electron chi connectivity index (χ4n) is 1.94. The molecule has 0 N–H and O–H groups in total. The maximum Gasteiger partial charge on any atom is 0.245 e. The predicted molar refractivity (Wildman–Crippen MR) is 82.9 cm³/mol. The molecule has 2 rings (SSSR count). The van der Waals surface area contributed by atoms with Crippen molar-refractivity contribution < 1.29 is 17.5 Å². The third-order valence-corrected chi connectivity index (χ3v) is 5.08. The summed E-state index contributed by atoms with van der Waals surface area (Å²) in [4.78, 5) is -0.326. The zero-order valence-corrected chi connectivity index (χ0v) is 13.3. The summed E-state index contributed by atoms with van der Waals surface area (Å²) in [6, 6.07) is 12.8. The van der Waals surface area contributed by atoms with Crippen LogP contribution in [0, 0.1) is 12.7 Å². The maximum absolute atomic E-state index is 13.6. The average Bonchev–Trinajstić information content (AvgIpc) is 2.47. The van der Waals surface area contributed by atoms with Gasteiger partial charge in [-0.2, -0.15) is 4.31 Å². The van der Waals surface area contributed by atoms with E-state index < -0.39 is 15.8 Å². The lowest BCUT2D eigenvalue weighted by molar-refractivity contribution is 0.286. The Balaban J connectivity index is 2.00. The molecule has 0 spiro atoms. The van der Waals surface area contributed by atoms with Crippen molar-refractivity contribution in [1.29, 1.82) is 0 Å². The van der Waals surface area contributed by atoms with Gasteiger partial charge in [-0.15, -0.1) is 0 Å². The Labute approximate surface area is 130 Å². The Hall–Kier alpha value is -1.92. The molecule has 0 aliphatic rings. The Bertz CT molecular complexity index is 747. The molecule has 0 radical (unpaired) electrons. The second-order valence-electron chi connectivity index (χ2n) is 4.92. The van der Waals surface area contributed by atoms with E-state index in [1.54, 1.807) is 6.07 Å². The summed E-state index contributed by atoms with van der Waals surface area (Å²) in [6.45, 7) is 2.26. The van der Waals surface area contributed by atoms with Crippen LogP contribution >= 0.6 is 0 Å². The molecule has 0 heterocycles. The highest BCUT2D eigenvalue weighted by Gasteiger charge is 2.23. The summed E-state index contributed by atoms with van der Waals surface area (Å²) in [7, 11) is -2.45.